The van der Waals surface area contributed by atoms with Gasteiger partial charge in [-0.2, -0.15) is 0 Å². The molecule has 0 saturated carbocycles. The van der Waals surface area contributed by atoms with Gasteiger partial charge in [-0.05, 0) is 36.5 Å². The van der Waals surface area contributed by atoms with Crippen LogP contribution in [0.5, 0.6) is 0 Å². The molecule has 0 radical (unpaired) electrons. The van der Waals surface area contributed by atoms with Gasteiger partial charge in [0.2, 0.25) is 5.95 Å². The van der Waals surface area contributed by atoms with Gasteiger partial charge < -0.3 is 9.80 Å². The number of aromatic nitrogens is 3. The molecule has 0 aromatic carbocycles. The minimum absolute atomic E-state index is 0.697. The number of pyridine rings is 1. The third-order valence-electron chi connectivity index (χ3n) is 4.65. The first-order valence-corrected chi connectivity index (χ1v) is 7.57. The van der Waals surface area contributed by atoms with Gasteiger partial charge in [-0.25, -0.2) is 9.97 Å². The Bertz CT molecular complexity index is 551. The van der Waals surface area contributed by atoms with E-state index in [1.807, 2.05) is 36.9 Å². The van der Waals surface area contributed by atoms with E-state index >= 15 is 0 Å². The number of rotatable bonds is 2. The fourth-order valence-corrected chi connectivity index (χ4v) is 3.56. The van der Waals surface area contributed by atoms with Gasteiger partial charge in [-0.1, -0.05) is 0 Å². The van der Waals surface area contributed by atoms with Crippen LogP contribution in [0.15, 0.2) is 43.0 Å². The first-order valence-electron chi connectivity index (χ1n) is 7.57. The average Bonchev–Trinajstić information content (AvgIpc) is 2.99. The largest absolute Gasteiger partial charge is 0.370 e. The van der Waals surface area contributed by atoms with Gasteiger partial charge in [-0.3, -0.25) is 4.98 Å². The highest BCUT2D eigenvalue weighted by molar-refractivity contribution is 5.45. The van der Waals surface area contributed by atoms with Crippen LogP contribution in [0.3, 0.4) is 0 Å². The second kappa shape index (κ2) is 5.31. The zero-order chi connectivity index (χ0) is 14.1. The van der Waals surface area contributed by atoms with Crippen molar-refractivity contribution in [1.82, 2.24) is 15.0 Å². The molecule has 4 heterocycles. The van der Waals surface area contributed by atoms with Gasteiger partial charge in [0.25, 0.3) is 0 Å². The van der Waals surface area contributed by atoms with E-state index in [0.29, 0.717) is 5.92 Å². The standard InChI is InChI=1S/C16H19N5/c1-3-15(9-17-5-1)20-8-4-13-10-21(12-14(13)11-20)16-18-6-2-7-19-16/h1-3,5-7,9,13-14H,4,8,10-12H2/t13-,14+/m1/s1. The quantitative estimate of drug-likeness (QED) is 0.840. The normalized spacial score (nSPS) is 25.0. The van der Waals surface area contributed by atoms with Crippen LogP contribution in [0.1, 0.15) is 6.42 Å². The molecule has 2 aliphatic rings. The van der Waals surface area contributed by atoms with Crippen molar-refractivity contribution < 1.29 is 0 Å². The van der Waals surface area contributed by atoms with Crippen LogP contribution < -0.4 is 9.80 Å². The molecular weight excluding hydrogens is 262 g/mol. The van der Waals surface area contributed by atoms with Crippen molar-refractivity contribution in [3.05, 3.63) is 43.0 Å². The van der Waals surface area contributed by atoms with E-state index in [-0.39, 0.29) is 0 Å². The maximum absolute atomic E-state index is 4.39. The number of anilines is 2. The molecule has 0 amide bonds. The minimum atomic E-state index is 0.697. The Morgan fingerprint density at radius 2 is 1.71 bits per heavy atom. The lowest BCUT2D eigenvalue weighted by molar-refractivity contribution is 0.349. The summed E-state index contributed by atoms with van der Waals surface area (Å²) in [6, 6.07) is 6.04. The first kappa shape index (κ1) is 12.6. The monoisotopic (exact) mass is 281 g/mol. The number of nitrogens with zero attached hydrogens (tertiary/aromatic N) is 5. The van der Waals surface area contributed by atoms with Crippen LogP contribution >= 0.6 is 0 Å². The Morgan fingerprint density at radius 1 is 0.905 bits per heavy atom. The lowest BCUT2D eigenvalue weighted by Gasteiger charge is -2.35. The van der Waals surface area contributed by atoms with Crippen molar-refractivity contribution in [2.75, 3.05) is 36.0 Å². The highest BCUT2D eigenvalue weighted by Gasteiger charge is 2.37. The lowest BCUT2D eigenvalue weighted by Crippen LogP contribution is -2.40. The van der Waals surface area contributed by atoms with Crippen molar-refractivity contribution in [2.24, 2.45) is 11.8 Å². The summed E-state index contributed by atoms with van der Waals surface area (Å²) in [5.41, 5.74) is 1.24. The van der Waals surface area contributed by atoms with Gasteiger partial charge in [-0.15, -0.1) is 0 Å². The van der Waals surface area contributed by atoms with Crippen LogP contribution in [0.4, 0.5) is 11.6 Å². The fourth-order valence-electron chi connectivity index (χ4n) is 3.56. The summed E-state index contributed by atoms with van der Waals surface area (Å²) in [4.78, 5) is 17.8. The lowest BCUT2D eigenvalue weighted by atomic mass is 9.88. The molecule has 2 aromatic rings. The molecule has 2 aromatic heterocycles. The Kier molecular flexibility index (Phi) is 3.18. The van der Waals surface area contributed by atoms with Gasteiger partial charge in [0.05, 0.1) is 11.9 Å². The number of fused-ring (bicyclic) bond motifs is 1. The van der Waals surface area contributed by atoms with E-state index in [0.717, 1.165) is 38.0 Å². The molecule has 5 nitrogen and oxygen atoms in total. The van der Waals surface area contributed by atoms with Crippen molar-refractivity contribution in [2.45, 2.75) is 6.42 Å². The van der Waals surface area contributed by atoms with Crippen molar-refractivity contribution >= 4 is 11.6 Å². The van der Waals surface area contributed by atoms with E-state index in [1.54, 1.807) is 0 Å². The molecule has 0 N–H and O–H groups in total. The van der Waals surface area contributed by atoms with Crippen molar-refractivity contribution in [1.29, 1.82) is 0 Å². The van der Waals surface area contributed by atoms with Crippen molar-refractivity contribution in [3.8, 4) is 0 Å². The van der Waals surface area contributed by atoms with Crippen LogP contribution in [-0.2, 0) is 0 Å². The predicted octanol–water partition coefficient (Wildman–Crippen LogP) is 1.83. The van der Waals surface area contributed by atoms with Crippen LogP contribution in [0.2, 0.25) is 0 Å². The number of hydrogen-bond donors (Lipinski definition) is 0. The molecule has 2 atom stereocenters. The molecule has 21 heavy (non-hydrogen) atoms. The fraction of sp³-hybridized carbons (Fsp3) is 0.438. The summed E-state index contributed by atoms with van der Waals surface area (Å²) in [6.45, 7) is 4.39. The number of hydrogen-bond acceptors (Lipinski definition) is 5. The topological polar surface area (TPSA) is 45.2 Å². The zero-order valence-electron chi connectivity index (χ0n) is 12.0. The summed E-state index contributed by atoms with van der Waals surface area (Å²) in [7, 11) is 0. The van der Waals surface area contributed by atoms with E-state index in [1.165, 1.54) is 12.1 Å². The molecule has 5 heteroatoms. The molecular formula is C16H19N5. The smallest absolute Gasteiger partial charge is 0.225 e. The van der Waals surface area contributed by atoms with E-state index in [9.17, 15) is 0 Å². The zero-order valence-corrected chi connectivity index (χ0v) is 12.0. The molecule has 0 bridgehead atoms. The van der Waals surface area contributed by atoms with Gasteiger partial charge in [0, 0.05) is 44.8 Å². The second-order valence-electron chi connectivity index (χ2n) is 5.92. The van der Waals surface area contributed by atoms with Crippen molar-refractivity contribution in [3.63, 3.8) is 0 Å². The third-order valence-corrected chi connectivity index (χ3v) is 4.65. The summed E-state index contributed by atoms with van der Waals surface area (Å²) in [5.74, 6) is 2.34. The molecule has 0 spiro atoms. The Hall–Kier alpha value is -2.17. The first-order chi connectivity index (χ1) is 10.4. The second-order valence-corrected chi connectivity index (χ2v) is 5.92. The van der Waals surface area contributed by atoms with Crippen LogP contribution in [-0.4, -0.2) is 41.1 Å². The maximum Gasteiger partial charge on any atom is 0.225 e. The van der Waals surface area contributed by atoms with Gasteiger partial charge in [0.15, 0.2) is 0 Å². The van der Waals surface area contributed by atoms with Gasteiger partial charge >= 0.3 is 0 Å². The van der Waals surface area contributed by atoms with Crippen LogP contribution in [0, 0.1) is 11.8 Å². The molecule has 2 saturated heterocycles. The number of piperidine rings is 1. The molecule has 0 unspecified atom stereocenters. The summed E-state index contributed by atoms with van der Waals surface area (Å²) in [5, 5.41) is 0. The van der Waals surface area contributed by atoms with E-state index in [2.05, 4.69) is 30.8 Å². The summed E-state index contributed by atoms with van der Waals surface area (Å²) < 4.78 is 0. The Balaban J connectivity index is 1.47. The highest BCUT2D eigenvalue weighted by atomic mass is 15.3. The molecule has 2 fully saturated rings. The van der Waals surface area contributed by atoms with Crippen LogP contribution in [0.25, 0.3) is 0 Å². The maximum atomic E-state index is 4.39. The Labute approximate surface area is 124 Å². The summed E-state index contributed by atoms with van der Waals surface area (Å²) in [6.07, 6.45) is 8.69. The molecule has 108 valence electrons. The highest BCUT2D eigenvalue weighted by Crippen LogP contribution is 2.34. The van der Waals surface area contributed by atoms with E-state index < -0.39 is 0 Å². The average molecular weight is 281 g/mol. The SMILES string of the molecule is c1cnc(N2C[C@H]3CCN(c4cccnc4)C[C@H]3C2)nc1. The summed E-state index contributed by atoms with van der Waals surface area (Å²) >= 11 is 0. The third kappa shape index (κ3) is 2.44. The molecule has 4 rings (SSSR count). The predicted molar refractivity (Wildman–Crippen MR) is 82.3 cm³/mol. The van der Waals surface area contributed by atoms with E-state index in [4.69, 9.17) is 0 Å². The Morgan fingerprint density at radius 3 is 2.52 bits per heavy atom. The molecule has 0 aliphatic carbocycles. The molecule has 2 aliphatic heterocycles. The minimum Gasteiger partial charge on any atom is -0.370 e. The van der Waals surface area contributed by atoms with Gasteiger partial charge in [0.1, 0.15) is 0 Å².